The number of Topliss-reactive ketones (excluding diaryl/α,β-unsaturated/α-hetero) is 1. The highest BCUT2D eigenvalue weighted by Gasteiger charge is 2.42. The zero-order chi connectivity index (χ0) is 52.2. The predicted octanol–water partition coefficient (Wildman–Crippen LogP) is 9.66. The Kier molecular flexibility index (Phi) is 17.6. The summed E-state index contributed by atoms with van der Waals surface area (Å²) in [6, 6.07) is 36.2. The van der Waals surface area contributed by atoms with E-state index in [1.165, 1.54) is 18.3 Å². The van der Waals surface area contributed by atoms with Gasteiger partial charge in [0.25, 0.3) is 5.69 Å². The minimum absolute atomic E-state index is 0.00783. The fourth-order valence-electron chi connectivity index (χ4n) is 8.18. The van der Waals surface area contributed by atoms with Crippen molar-refractivity contribution >= 4 is 60.1 Å². The van der Waals surface area contributed by atoms with Crippen molar-refractivity contribution < 1.29 is 44.1 Å². The van der Waals surface area contributed by atoms with Crippen LogP contribution in [-0.4, -0.2) is 84.2 Å². The van der Waals surface area contributed by atoms with Crippen LogP contribution in [0.15, 0.2) is 150 Å². The van der Waals surface area contributed by atoms with Gasteiger partial charge in [-0.1, -0.05) is 96.5 Å². The van der Waals surface area contributed by atoms with E-state index in [1.54, 1.807) is 60.8 Å². The SMILES string of the molecule is Nc1ccc(N2CCC(S(=O)(=O)Cc3ccccc3)CC2)nc1.O=C(Cc1ccc(N2CCC(S(=O)(=O)Cc3ccccc3)CC2)nc1)c1nc(-c2ccccc2)oc1C(F)(F)F.O=[N+]([O-])c1ccc(Cl)nc1. The number of nitrogens with zero attached hydrogens (tertiary/aromatic N) is 7. The standard InChI is InChI=1S/C29H26F3N3O4S.C17H21N3O2S.C5H3ClN2O2/c30-29(31,32)27-26(34-28(39-27)22-9-5-2-6-10-22)24(36)17-21-11-12-25(33-18-21)35-15-13-23(14-16-35)40(37,38)19-20-7-3-1-4-8-20;18-15-6-7-17(19-12-15)20-10-8-16(9-11-20)23(21,22)13-14-4-2-1-3-5-14;6-5-2-1-4(3-7-5)8(9)10/h1-12,18,23H,13-17,19H2;1-7,12,16H,8-11,13,18H2;1-3H. The number of nitrogens with two attached hydrogens (primary N) is 1. The van der Waals surface area contributed by atoms with Gasteiger partial charge in [0.1, 0.15) is 23.0 Å². The maximum absolute atomic E-state index is 13.6. The van der Waals surface area contributed by atoms with E-state index < -0.39 is 53.3 Å². The first-order valence-corrected chi connectivity index (χ1v) is 26.8. The van der Waals surface area contributed by atoms with Crippen LogP contribution in [0, 0.1) is 10.1 Å². The highest BCUT2D eigenvalue weighted by Crippen LogP contribution is 2.36. The molecule has 3 aromatic carbocycles. The number of aromatic nitrogens is 4. The van der Waals surface area contributed by atoms with Crippen molar-refractivity contribution in [3.8, 4) is 11.5 Å². The predicted molar refractivity (Wildman–Crippen MR) is 272 cm³/mol. The quantitative estimate of drug-likeness (QED) is 0.0491. The number of rotatable bonds is 13. The van der Waals surface area contributed by atoms with Crippen LogP contribution < -0.4 is 15.5 Å². The molecule has 6 heterocycles. The second kappa shape index (κ2) is 24.0. The molecule has 73 heavy (non-hydrogen) atoms. The van der Waals surface area contributed by atoms with E-state index in [0.717, 1.165) is 23.1 Å². The Labute approximate surface area is 425 Å². The third-order valence-corrected chi connectivity index (χ3v) is 16.7. The van der Waals surface area contributed by atoms with Gasteiger partial charge in [0.15, 0.2) is 31.2 Å². The first kappa shape index (κ1) is 53.6. The number of oxazole rings is 1. The van der Waals surface area contributed by atoms with Gasteiger partial charge in [-0.25, -0.2) is 36.8 Å². The number of pyridine rings is 3. The number of piperidine rings is 2. The van der Waals surface area contributed by atoms with E-state index in [-0.39, 0.29) is 39.9 Å². The summed E-state index contributed by atoms with van der Waals surface area (Å²) in [5, 5.41) is 9.58. The number of alkyl halides is 3. The third-order valence-electron chi connectivity index (χ3n) is 12.0. The lowest BCUT2D eigenvalue weighted by atomic mass is 10.1. The van der Waals surface area contributed by atoms with Crippen molar-refractivity contribution in [2.24, 2.45) is 0 Å². The van der Waals surface area contributed by atoms with Crippen LogP contribution in [0.2, 0.25) is 5.15 Å². The molecule has 0 radical (unpaired) electrons. The average Bonchev–Trinajstić information content (AvgIpc) is 3.86. The molecular formula is C51H50ClF3N8O8S2. The van der Waals surface area contributed by atoms with E-state index in [2.05, 4.69) is 24.8 Å². The van der Waals surface area contributed by atoms with Crippen LogP contribution >= 0.6 is 11.6 Å². The molecule has 0 bridgehead atoms. The first-order chi connectivity index (χ1) is 34.8. The number of halogens is 4. The van der Waals surface area contributed by atoms with Crippen LogP contribution in [0.5, 0.6) is 0 Å². The van der Waals surface area contributed by atoms with E-state index in [9.17, 15) is 44.9 Å². The Bertz CT molecular complexity index is 3150. The smallest absolute Gasteiger partial charge is 0.431 e. The number of anilines is 3. The molecule has 16 nitrogen and oxygen atoms in total. The monoisotopic (exact) mass is 1060 g/mol. The molecule has 0 unspecified atom stereocenters. The van der Waals surface area contributed by atoms with Gasteiger partial charge in [0, 0.05) is 50.4 Å². The van der Waals surface area contributed by atoms with Gasteiger partial charge in [0.05, 0.1) is 38.8 Å². The maximum atomic E-state index is 13.6. The number of carbonyl (C=O) groups excluding carboxylic acids is 1. The Morgan fingerprint density at radius 3 is 1.59 bits per heavy atom. The molecule has 0 aliphatic carbocycles. The number of ketones is 1. The van der Waals surface area contributed by atoms with Gasteiger partial charge in [-0.3, -0.25) is 14.9 Å². The van der Waals surface area contributed by atoms with E-state index in [0.29, 0.717) is 74.5 Å². The van der Waals surface area contributed by atoms with Crippen molar-refractivity contribution in [3.63, 3.8) is 0 Å². The Hall–Kier alpha value is -7.23. The molecule has 0 spiro atoms. The van der Waals surface area contributed by atoms with Crippen LogP contribution in [0.4, 0.5) is 36.2 Å². The van der Waals surface area contributed by atoms with Crippen molar-refractivity contribution in [3.05, 3.63) is 189 Å². The summed E-state index contributed by atoms with van der Waals surface area (Å²) >= 11 is 5.38. The lowest BCUT2D eigenvalue weighted by Crippen LogP contribution is -2.40. The number of carbonyl (C=O) groups is 1. The molecule has 2 fully saturated rings. The van der Waals surface area contributed by atoms with Crippen LogP contribution in [-0.2, 0) is 43.8 Å². The molecule has 2 saturated heterocycles. The number of hydrogen-bond donors (Lipinski definition) is 1. The van der Waals surface area contributed by atoms with E-state index in [1.807, 2.05) is 65.6 Å². The number of nitro groups is 1. The zero-order valence-electron chi connectivity index (χ0n) is 39.1. The topological polar surface area (TPSA) is 226 Å². The molecule has 4 aromatic heterocycles. The fourth-order valence-corrected chi connectivity index (χ4v) is 11.9. The van der Waals surface area contributed by atoms with Crippen molar-refractivity contribution in [1.82, 2.24) is 19.9 Å². The van der Waals surface area contributed by atoms with Crippen LogP contribution in [0.25, 0.3) is 11.5 Å². The van der Waals surface area contributed by atoms with Crippen molar-refractivity contribution in [1.29, 1.82) is 0 Å². The Balaban J connectivity index is 0.000000197. The van der Waals surface area contributed by atoms with Crippen LogP contribution in [0.1, 0.15) is 58.6 Å². The summed E-state index contributed by atoms with van der Waals surface area (Å²) in [6.07, 6.45) is 1.18. The molecule has 2 aliphatic rings. The van der Waals surface area contributed by atoms with Crippen molar-refractivity contribution in [2.75, 3.05) is 41.7 Å². The number of nitrogen functional groups attached to an aromatic ring is 1. The highest BCUT2D eigenvalue weighted by atomic mass is 35.5. The minimum Gasteiger partial charge on any atom is -0.431 e. The molecule has 2 N–H and O–H groups in total. The minimum atomic E-state index is -4.88. The second-order valence-electron chi connectivity index (χ2n) is 17.2. The lowest BCUT2D eigenvalue weighted by Gasteiger charge is -2.32. The molecule has 9 rings (SSSR count). The Morgan fingerprint density at radius 1 is 0.671 bits per heavy atom. The van der Waals surface area contributed by atoms with Crippen LogP contribution in [0.3, 0.4) is 0 Å². The largest absolute Gasteiger partial charge is 0.452 e. The number of benzene rings is 3. The van der Waals surface area contributed by atoms with Gasteiger partial charge in [-0.2, -0.15) is 13.2 Å². The second-order valence-corrected chi connectivity index (χ2v) is 22.1. The van der Waals surface area contributed by atoms with Gasteiger partial charge >= 0.3 is 6.18 Å². The number of sulfone groups is 2. The third kappa shape index (κ3) is 14.9. The molecule has 0 saturated carbocycles. The maximum Gasteiger partial charge on any atom is 0.452 e. The van der Waals surface area contributed by atoms with E-state index in [4.69, 9.17) is 21.8 Å². The molecule has 2 aliphatic heterocycles. The summed E-state index contributed by atoms with van der Waals surface area (Å²) in [4.78, 5) is 42.5. The Morgan fingerprint density at radius 2 is 1.16 bits per heavy atom. The fraction of sp³-hybridized carbons (Fsp3) is 0.275. The summed E-state index contributed by atoms with van der Waals surface area (Å²) in [6.45, 7) is 2.41. The average molecular weight is 1060 g/mol. The van der Waals surface area contributed by atoms with Gasteiger partial charge in [0.2, 0.25) is 11.7 Å². The van der Waals surface area contributed by atoms with Crippen molar-refractivity contribution in [2.45, 2.75) is 60.3 Å². The summed E-state index contributed by atoms with van der Waals surface area (Å²) in [5.41, 5.74) is 7.83. The lowest BCUT2D eigenvalue weighted by molar-refractivity contribution is -0.385. The van der Waals surface area contributed by atoms with Gasteiger partial charge in [-0.05, 0) is 78.8 Å². The molecular weight excluding hydrogens is 1010 g/mol. The summed E-state index contributed by atoms with van der Waals surface area (Å²) in [5.74, 6) is -0.939. The normalized spacial score (nSPS) is 14.6. The van der Waals surface area contributed by atoms with E-state index >= 15 is 0 Å². The summed E-state index contributed by atoms with van der Waals surface area (Å²) in [7, 11) is -6.41. The summed E-state index contributed by atoms with van der Waals surface area (Å²) < 4.78 is 96.7. The highest BCUT2D eigenvalue weighted by molar-refractivity contribution is 7.91. The zero-order valence-corrected chi connectivity index (χ0v) is 41.5. The molecule has 0 atom stereocenters. The molecule has 382 valence electrons. The molecule has 22 heteroatoms. The molecule has 0 amide bonds. The first-order valence-electron chi connectivity index (χ1n) is 22.9. The number of hydrogen-bond acceptors (Lipinski definition) is 15. The van der Waals surface area contributed by atoms with Gasteiger partial charge in [-0.15, -0.1) is 0 Å². The molecule has 7 aromatic rings. The van der Waals surface area contributed by atoms with Gasteiger partial charge < -0.3 is 20.0 Å².